The van der Waals surface area contributed by atoms with Crippen LogP contribution in [-0.2, 0) is 6.42 Å². The summed E-state index contributed by atoms with van der Waals surface area (Å²) in [5.74, 6) is -0.0884. The number of likely N-dealkylation sites (N-methyl/N-ethyl adjacent to an activating group) is 3. The maximum absolute atomic E-state index is 13.9. The van der Waals surface area contributed by atoms with Crippen LogP contribution in [-0.4, -0.2) is 62.2 Å². The van der Waals surface area contributed by atoms with Gasteiger partial charge >= 0.3 is 0 Å². The van der Waals surface area contributed by atoms with E-state index in [0.717, 1.165) is 44.6 Å². The normalized spacial score (nSPS) is 22.4. The number of rotatable bonds is 6. The SMILES string of the molecule is CCNC(Cc1ccccc1F)CC1CN(C)CCN1C. The molecule has 118 valence electrons. The Balaban J connectivity index is 2.00. The second-order valence-corrected chi connectivity index (χ2v) is 6.18. The van der Waals surface area contributed by atoms with Crippen LogP contribution in [0.1, 0.15) is 18.9 Å². The third kappa shape index (κ3) is 4.77. The third-order valence-electron chi connectivity index (χ3n) is 4.45. The zero-order chi connectivity index (χ0) is 15.2. The third-order valence-corrected chi connectivity index (χ3v) is 4.45. The van der Waals surface area contributed by atoms with Gasteiger partial charge < -0.3 is 15.1 Å². The zero-order valence-corrected chi connectivity index (χ0v) is 13.5. The second-order valence-electron chi connectivity index (χ2n) is 6.18. The molecule has 21 heavy (non-hydrogen) atoms. The Morgan fingerprint density at radius 1 is 1.29 bits per heavy atom. The monoisotopic (exact) mass is 293 g/mol. The van der Waals surface area contributed by atoms with E-state index in [0.29, 0.717) is 12.1 Å². The highest BCUT2D eigenvalue weighted by atomic mass is 19.1. The van der Waals surface area contributed by atoms with Crippen LogP contribution in [0.5, 0.6) is 0 Å². The van der Waals surface area contributed by atoms with Gasteiger partial charge in [-0.25, -0.2) is 4.39 Å². The fourth-order valence-corrected chi connectivity index (χ4v) is 3.14. The van der Waals surface area contributed by atoms with Gasteiger partial charge in [0.25, 0.3) is 0 Å². The maximum Gasteiger partial charge on any atom is 0.126 e. The van der Waals surface area contributed by atoms with E-state index in [9.17, 15) is 4.39 Å². The molecular weight excluding hydrogens is 265 g/mol. The van der Waals surface area contributed by atoms with Crippen molar-refractivity contribution >= 4 is 0 Å². The predicted octanol–water partition coefficient (Wildman–Crippen LogP) is 1.98. The first kappa shape index (κ1) is 16.4. The maximum atomic E-state index is 13.9. The summed E-state index contributed by atoms with van der Waals surface area (Å²) < 4.78 is 13.9. The molecule has 1 N–H and O–H groups in total. The first-order valence-electron chi connectivity index (χ1n) is 7.95. The van der Waals surface area contributed by atoms with E-state index in [2.05, 4.69) is 36.1 Å². The zero-order valence-electron chi connectivity index (χ0n) is 13.5. The molecule has 0 aliphatic carbocycles. The number of piperazine rings is 1. The second kappa shape index (κ2) is 7.87. The Morgan fingerprint density at radius 3 is 2.76 bits per heavy atom. The van der Waals surface area contributed by atoms with Gasteiger partial charge in [-0.3, -0.25) is 0 Å². The van der Waals surface area contributed by atoms with Crippen LogP contribution >= 0.6 is 0 Å². The van der Waals surface area contributed by atoms with Crippen molar-refractivity contribution in [3.05, 3.63) is 35.6 Å². The lowest BCUT2D eigenvalue weighted by Gasteiger charge is -2.39. The molecule has 0 radical (unpaired) electrons. The number of nitrogens with zero attached hydrogens (tertiary/aromatic N) is 2. The van der Waals surface area contributed by atoms with Gasteiger partial charge in [0, 0.05) is 31.7 Å². The Hall–Kier alpha value is -0.970. The lowest BCUT2D eigenvalue weighted by atomic mass is 9.97. The van der Waals surface area contributed by atoms with E-state index in [4.69, 9.17) is 0 Å². The summed E-state index contributed by atoms with van der Waals surface area (Å²) >= 11 is 0. The van der Waals surface area contributed by atoms with E-state index in [1.54, 1.807) is 12.1 Å². The van der Waals surface area contributed by atoms with E-state index in [1.165, 1.54) is 0 Å². The van der Waals surface area contributed by atoms with Crippen LogP contribution in [0.25, 0.3) is 0 Å². The molecule has 0 aromatic heterocycles. The quantitative estimate of drug-likeness (QED) is 0.865. The molecule has 0 amide bonds. The molecule has 0 bridgehead atoms. The Labute approximate surface area is 128 Å². The molecule has 1 aliphatic rings. The van der Waals surface area contributed by atoms with Gasteiger partial charge in [-0.05, 0) is 45.1 Å². The van der Waals surface area contributed by atoms with Crippen molar-refractivity contribution in [3.8, 4) is 0 Å². The molecular formula is C17H28FN3. The largest absolute Gasteiger partial charge is 0.314 e. The molecule has 0 spiro atoms. The lowest BCUT2D eigenvalue weighted by molar-refractivity contribution is 0.101. The molecule has 1 aliphatic heterocycles. The topological polar surface area (TPSA) is 18.5 Å². The van der Waals surface area contributed by atoms with Gasteiger partial charge in [0.15, 0.2) is 0 Å². The highest BCUT2D eigenvalue weighted by Gasteiger charge is 2.25. The molecule has 1 saturated heterocycles. The molecule has 2 atom stereocenters. The van der Waals surface area contributed by atoms with Crippen molar-refractivity contribution in [1.29, 1.82) is 0 Å². The fraction of sp³-hybridized carbons (Fsp3) is 0.647. The van der Waals surface area contributed by atoms with E-state index in [1.807, 2.05) is 12.1 Å². The van der Waals surface area contributed by atoms with Crippen LogP contribution in [0.15, 0.2) is 24.3 Å². The van der Waals surface area contributed by atoms with E-state index >= 15 is 0 Å². The fourth-order valence-electron chi connectivity index (χ4n) is 3.14. The molecule has 1 heterocycles. The summed E-state index contributed by atoms with van der Waals surface area (Å²) in [4.78, 5) is 4.82. The highest BCUT2D eigenvalue weighted by Crippen LogP contribution is 2.16. The number of benzene rings is 1. The molecule has 1 aromatic rings. The average Bonchev–Trinajstić information content (AvgIpc) is 2.45. The molecule has 4 heteroatoms. The molecule has 2 unspecified atom stereocenters. The summed E-state index contributed by atoms with van der Waals surface area (Å²) in [6.45, 7) is 6.37. The molecule has 0 saturated carbocycles. The van der Waals surface area contributed by atoms with Gasteiger partial charge in [-0.1, -0.05) is 25.1 Å². The first-order valence-corrected chi connectivity index (χ1v) is 7.95. The van der Waals surface area contributed by atoms with Crippen LogP contribution in [0.3, 0.4) is 0 Å². The average molecular weight is 293 g/mol. The van der Waals surface area contributed by atoms with Gasteiger partial charge in [0.05, 0.1) is 0 Å². The van der Waals surface area contributed by atoms with Crippen LogP contribution in [0.4, 0.5) is 4.39 Å². The molecule has 1 aromatic carbocycles. The van der Waals surface area contributed by atoms with Crippen LogP contribution < -0.4 is 5.32 Å². The minimum atomic E-state index is -0.0884. The minimum absolute atomic E-state index is 0.0884. The van der Waals surface area contributed by atoms with Crippen molar-refractivity contribution in [3.63, 3.8) is 0 Å². The van der Waals surface area contributed by atoms with Crippen molar-refractivity contribution in [2.24, 2.45) is 0 Å². The highest BCUT2D eigenvalue weighted by molar-refractivity contribution is 5.18. The summed E-state index contributed by atoms with van der Waals surface area (Å²) in [5.41, 5.74) is 0.815. The summed E-state index contributed by atoms with van der Waals surface area (Å²) in [7, 11) is 4.38. The van der Waals surface area contributed by atoms with Gasteiger partial charge in [0.1, 0.15) is 5.82 Å². The standard InChI is InChI=1S/C17H28FN3/c1-4-19-15(11-14-7-5-6-8-17(14)18)12-16-13-20(2)9-10-21(16)3/h5-8,15-16,19H,4,9-13H2,1-3H3. The van der Waals surface area contributed by atoms with Crippen LogP contribution in [0, 0.1) is 5.82 Å². The molecule has 3 nitrogen and oxygen atoms in total. The number of nitrogens with one attached hydrogen (secondary N) is 1. The van der Waals surface area contributed by atoms with Gasteiger partial charge in [-0.2, -0.15) is 0 Å². The number of halogens is 1. The van der Waals surface area contributed by atoms with Crippen molar-refractivity contribution in [2.75, 3.05) is 40.3 Å². The summed E-state index contributed by atoms with van der Waals surface area (Å²) in [6, 6.07) is 7.99. The van der Waals surface area contributed by atoms with E-state index in [-0.39, 0.29) is 5.82 Å². The van der Waals surface area contributed by atoms with Crippen LogP contribution in [0.2, 0.25) is 0 Å². The van der Waals surface area contributed by atoms with Gasteiger partial charge in [-0.15, -0.1) is 0 Å². The Bertz CT molecular complexity index is 438. The van der Waals surface area contributed by atoms with Crippen molar-refractivity contribution < 1.29 is 4.39 Å². The van der Waals surface area contributed by atoms with Crippen molar-refractivity contribution in [1.82, 2.24) is 15.1 Å². The first-order chi connectivity index (χ1) is 10.1. The number of hydrogen-bond acceptors (Lipinski definition) is 3. The van der Waals surface area contributed by atoms with Crippen molar-refractivity contribution in [2.45, 2.75) is 31.8 Å². The summed E-state index contributed by atoms with van der Waals surface area (Å²) in [6.07, 6.45) is 1.82. The summed E-state index contributed by atoms with van der Waals surface area (Å²) in [5, 5.41) is 3.53. The lowest BCUT2D eigenvalue weighted by Crippen LogP contribution is -2.52. The predicted molar refractivity (Wildman–Crippen MR) is 86.1 cm³/mol. The Morgan fingerprint density at radius 2 is 2.05 bits per heavy atom. The number of hydrogen-bond donors (Lipinski definition) is 1. The molecule has 2 rings (SSSR count). The molecule has 1 fully saturated rings. The smallest absolute Gasteiger partial charge is 0.126 e. The van der Waals surface area contributed by atoms with Gasteiger partial charge in [0.2, 0.25) is 0 Å². The van der Waals surface area contributed by atoms with E-state index < -0.39 is 0 Å². The minimum Gasteiger partial charge on any atom is -0.314 e. The Kier molecular flexibility index (Phi) is 6.15.